The van der Waals surface area contributed by atoms with Gasteiger partial charge in [0.05, 0.1) is 13.1 Å². The van der Waals surface area contributed by atoms with Crippen molar-refractivity contribution in [1.82, 2.24) is 10.6 Å². The maximum absolute atomic E-state index is 12.8. The second-order valence-corrected chi connectivity index (χ2v) is 3.37. The van der Waals surface area contributed by atoms with Crippen LogP contribution in [-0.4, -0.2) is 32.0 Å². The van der Waals surface area contributed by atoms with Crippen LogP contribution in [0.1, 0.15) is 0 Å². The molecule has 0 saturated heterocycles. The van der Waals surface area contributed by atoms with Crippen molar-refractivity contribution in [2.24, 2.45) is 0 Å². The van der Waals surface area contributed by atoms with Gasteiger partial charge in [-0.1, -0.05) is 6.07 Å². The van der Waals surface area contributed by atoms with Crippen LogP contribution in [0.15, 0.2) is 24.3 Å². The zero-order chi connectivity index (χ0) is 12.7. The van der Waals surface area contributed by atoms with E-state index in [1.165, 1.54) is 18.2 Å². The van der Waals surface area contributed by atoms with Crippen molar-refractivity contribution >= 4 is 29.9 Å². The Morgan fingerprint density at radius 1 is 1.22 bits per heavy atom. The minimum atomic E-state index is -0.429. The third-order valence-corrected chi connectivity index (χ3v) is 1.89. The maximum atomic E-state index is 12.8. The SMILES string of the molecule is CNCC(=O)NCC(=O)Nc1cccc(F)c1.Cl. The highest BCUT2D eigenvalue weighted by atomic mass is 35.5. The molecular formula is C11H15ClFN3O2. The molecule has 0 radical (unpaired) electrons. The predicted molar refractivity (Wildman–Crippen MR) is 69.2 cm³/mol. The number of carbonyl (C=O) groups is 2. The van der Waals surface area contributed by atoms with Gasteiger partial charge in [-0.2, -0.15) is 0 Å². The monoisotopic (exact) mass is 275 g/mol. The summed E-state index contributed by atoms with van der Waals surface area (Å²) in [5.41, 5.74) is 0.359. The Morgan fingerprint density at radius 3 is 2.56 bits per heavy atom. The molecule has 5 nitrogen and oxygen atoms in total. The van der Waals surface area contributed by atoms with Crippen LogP contribution in [0.4, 0.5) is 10.1 Å². The zero-order valence-electron chi connectivity index (χ0n) is 9.83. The fraction of sp³-hybridized carbons (Fsp3) is 0.273. The number of halogens is 2. The summed E-state index contributed by atoms with van der Waals surface area (Å²) in [5, 5.41) is 7.53. The lowest BCUT2D eigenvalue weighted by molar-refractivity contribution is -0.123. The van der Waals surface area contributed by atoms with E-state index in [1.807, 2.05) is 0 Å². The lowest BCUT2D eigenvalue weighted by Gasteiger charge is -2.06. The van der Waals surface area contributed by atoms with Crippen LogP contribution >= 0.6 is 12.4 Å². The van der Waals surface area contributed by atoms with Crippen LogP contribution in [0, 0.1) is 5.82 Å². The Balaban J connectivity index is 0.00000289. The highest BCUT2D eigenvalue weighted by molar-refractivity contribution is 5.94. The minimum absolute atomic E-state index is 0. The van der Waals surface area contributed by atoms with Crippen LogP contribution in [0.3, 0.4) is 0 Å². The van der Waals surface area contributed by atoms with Crippen LogP contribution in [-0.2, 0) is 9.59 Å². The van der Waals surface area contributed by atoms with Gasteiger partial charge < -0.3 is 16.0 Å². The highest BCUT2D eigenvalue weighted by Crippen LogP contribution is 2.08. The summed E-state index contributed by atoms with van der Waals surface area (Å²) in [4.78, 5) is 22.4. The third kappa shape index (κ3) is 6.17. The molecule has 0 bridgehead atoms. The number of likely N-dealkylation sites (N-methyl/N-ethyl adjacent to an activating group) is 1. The Morgan fingerprint density at radius 2 is 1.94 bits per heavy atom. The summed E-state index contributed by atoms with van der Waals surface area (Å²) in [5.74, 6) is -1.11. The second kappa shape index (κ2) is 8.43. The van der Waals surface area contributed by atoms with Crippen LogP contribution in [0.5, 0.6) is 0 Å². The van der Waals surface area contributed by atoms with E-state index >= 15 is 0 Å². The van der Waals surface area contributed by atoms with Crippen molar-refractivity contribution in [2.45, 2.75) is 0 Å². The first-order valence-corrected chi connectivity index (χ1v) is 5.08. The number of rotatable bonds is 5. The Labute approximate surface area is 111 Å². The quantitative estimate of drug-likeness (QED) is 0.734. The molecule has 0 aromatic heterocycles. The van der Waals surface area contributed by atoms with E-state index in [-0.39, 0.29) is 31.4 Å². The van der Waals surface area contributed by atoms with Gasteiger partial charge in [0.2, 0.25) is 11.8 Å². The van der Waals surface area contributed by atoms with E-state index in [9.17, 15) is 14.0 Å². The molecule has 18 heavy (non-hydrogen) atoms. The molecule has 0 unspecified atom stereocenters. The summed E-state index contributed by atoms with van der Waals surface area (Å²) in [7, 11) is 1.63. The molecule has 0 aliphatic heterocycles. The number of benzene rings is 1. The molecule has 0 atom stereocenters. The topological polar surface area (TPSA) is 70.2 Å². The first-order valence-electron chi connectivity index (χ1n) is 5.08. The van der Waals surface area contributed by atoms with Gasteiger partial charge in [-0.3, -0.25) is 9.59 Å². The van der Waals surface area contributed by atoms with Crippen molar-refractivity contribution in [1.29, 1.82) is 0 Å². The number of amides is 2. The molecule has 1 aromatic rings. The normalized spacial score (nSPS) is 9.22. The fourth-order valence-electron chi connectivity index (χ4n) is 1.17. The second-order valence-electron chi connectivity index (χ2n) is 3.37. The van der Waals surface area contributed by atoms with Crippen molar-refractivity contribution < 1.29 is 14.0 Å². The zero-order valence-corrected chi connectivity index (χ0v) is 10.6. The van der Waals surface area contributed by atoms with E-state index in [4.69, 9.17) is 0 Å². The van der Waals surface area contributed by atoms with Crippen molar-refractivity contribution in [3.8, 4) is 0 Å². The molecule has 3 N–H and O–H groups in total. The molecule has 1 rings (SSSR count). The molecule has 2 amide bonds. The summed E-state index contributed by atoms with van der Waals surface area (Å²) in [6.45, 7) is 0.00424. The van der Waals surface area contributed by atoms with E-state index in [1.54, 1.807) is 13.1 Å². The molecule has 0 fully saturated rings. The summed E-state index contributed by atoms with van der Waals surface area (Å²) >= 11 is 0. The van der Waals surface area contributed by atoms with E-state index in [0.29, 0.717) is 5.69 Å². The summed E-state index contributed by atoms with van der Waals surface area (Å²) < 4.78 is 12.8. The average Bonchev–Trinajstić information content (AvgIpc) is 2.27. The number of nitrogens with one attached hydrogen (secondary N) is 3. The van der Waals surface area contributed by atoms with Gasteiger partial charge in [0, 0.05) is 5.69 Å². The van der Waals surface area contributed by atoms with Gasteiger partial charge >= 0.3 is 0 Å². The van der Waals surface area contributed by atoms with Crippen LogP contribution in [0.25, 0.3) is 0 Å². The van der Waals surface area contributed by atoms with Gasteiger partial charge in [0.15, 0.2) is 0 Å². The molecule has 0 aliphatic rings. The molecule has 7 heteroatoms. The largest absolute Gasteiger partial charge is 0.346 e. The molecular weight excluding hydrogens is 261 g/mol. The molecule has 0 heterocycles. The summed E-state index contributed by atoms with van der Waals surface area (Å²) in [6, 6.07) is 5.54. The fourth-order valence-corrected chi connectivity index (χ4v) is 1.17. The first-order chi connectivity index (χ1) is 8.11. The van der Waals surface area contributed by atoms with E-state index < -0.39 is 11.7 Å². The molecule has 100 valence electrons. The molecule has 0 saturated carbocycles. The Bertz CT molecular complexity index is 415. The smallest absolute Gasteiger partial charge is 0.243 e. The van der Waals surface area contributed by atoms with E-state index in [2.05, 4.69) is 16.0 Å². The lowest BCUT2D eigenvalue weighted by Crippen LogP contribution is -2.37. The minimum Gasteiger partial charge on any atom is -0.346 e. The van der Waals surface area contributed by atoms with Gasteiger partial charge in [-0.15, -0.1) is 12.4 Å². The predicted octanol–water partition coefficient (Wildman–Crippen LogP) is 0.522. The highest BCUT2D eigenvalue weighted by Gasteiger charge is 2.05. The number of carbonyl (C=O) groups excluding carboxylic acids is 2. The molecule has 0 spiro atoms. The van der Waals surface area contributed by atoms with Crippen LogP contribution in [0.2, 0.25) is 0 Å². The average molecular weight is 276 g/mol. The Hall–Kier alpha value is -1.66. The van der Waals surface area contributed by atoms with Crippen LogP contribution < -0.4 is 16.0 Å². The van der Waals surface area contributed by atoms with E-state index in [0.717, 1.165) is 0 Å². The standard InChI is InChI=1S/C11H14FN3O2.ClH/c1-13-6-10(16)14-7-11(17)15-9-4-2-3-8(12)5-9;/h2-5,13H,6-7H2,1H3,(H,14,16)(H,15,17);1H. The molecule has 1 aromatic carbocycles. The van der Waals surface area contributed by atoms with Gasteiger partial charge in [-0.25, -0.2) is 4.39 Å². The third-order valence-electron chi connectivity index (χ3n) is 1.89. The summed E-state index contributed by atoms with van der Waals surface area (Å²) in [6.07, 6.45) is 0. The molecule has 0 aliphatic carbocycles. The van der Waals surface area contributed by atoms with Crippen molar-refractivity contribution in [3.63, 3.8) is 0 Å². The number of hydrogen-bond acceptors (Lipinski definition) is 3. The number of hydrogen-bond donors (Lipinski definition) is 3. The van der Waals surface area contributed by atoms with Crippen molar-refractivity contribution in [2.75, 3.05) is 25.5 Å². The Kier molecular flexibility index (Phi) is 7.66. The maximum Gasteiger partial charge on any atom is 0.243 e. The number of anilines is 1. The van der Waals surface area contributed by atoms with Gasteiger partial charge in [0.1, 0.15) is 5.82 Å². The first kappa shape index (κ1) is 16.3. The lowest BCUT2D eigenvalue weighted by atomic mass is 10.3. The van der Waals surface area contributed by atoms with Gasteiger partial charge in [-0.05, 0) is 25.2 Å². The van der Waals surface area contributed by atoms with Gasteiger partial charge in [0.25, 0.3) is 0 Å². The van der Waals surface area contributed by atoms with Crippen molar-refractivity contribution in [3.05, 3.63) is 30.1 Å².